The quantitative estimate of drug-likeness (QED) is 0.712. The number of ether oxygens (including phenoxy) is 1. The summed E-state index contributed by atoms with van der Waals surface area (Å²) in [4.78, 5) is 21.6. The lowest BCUT2D eigenvalue weighted by Crippen LogP contribution is -2.40. The Labute approximate surface area is 177 Å². The lowest BCUT2D eigenvalue weighted by Gasteiger charge is -2.27. The molecular weight excluding hydrogens is 406 g/mol. The maximum absolute atomic E-state index is 12.9. The molecule has 9 nitrogen and oxygen atoms in total. The van der Waals surface area contributed by atoms with Crippen LogP contribution in [0.5, 0.6) is 5.75 Å². The molecule has 0 saturated carbocycles. The van der Waals surface area contributed by atoms with Crippen LogP contribution in [0.3, 0.4) is 0 Å². The molecule has 0 radical (unpaired) electrons. The summed E-state index contributed by atoms with van der Waals surface area (Å²) in [6.45, 7) is 2.43. The molecule has 2 aromatic rings. The Morgan fingerprint density at radius 3 is 2.63 bits per heavy atom. The van der Waals surface area contributed by atoms with Gasteiger partial charge < -0.3 is 10.1 Å². The van der Waals surface area contributed by atoms with Crippen molar-refractivity contribution in [1.29, 1.82) is 0 Å². The highest BCUT2D eigenvalue weighted by Crippen LogP contribution is 2.35. The van der Waals surface area contributed by atoms with Crippen molar-refractivity contribution in [2.45, 2.75) is 32.4 Å². The molecule has 1 amide bonds. The summed E-state index contributed by atoms with van der Waals surface area (Å²) in [6, 6.07) is 6.89. The average Bonchev–Trinajstić information content (AvgIpc) is 3.23. The van der Waals surface area contributed by atoms with Crippen LogP contribution in [0.2, 0.25) is 0 Å². The van der Waals surface area contributed by atoms with Crippen LogP contribution < -0.4 is 10.1 Å². The van der Waals surface area contributed by atoms with E-state index in [1.807, 2.05) is 24.3 Å². The number of rotatable bonds is 7. The topological polar surface area (TPSA) is 105 Å². The summed E-state index contributed by atoms with van der Waals surface area (Å²) >= 11 is 0. The van der Waals surface area contributed by atoms with Crippen LogP contribution in [-0.4, -0.2) is 60.7 Å². The Kier molecular flexibility index (Phi) is 6.69. The molecule has 1 fully saturated rings. The number of benzene rings is 1. The molecule has 3 rings (SSSR count). The number of aryl methyl sites for hydroxylation is 1. The maximum atomic E-state index is 12.9. The molecule has 1 saturated heterocycles. The highest BCUT2D eigenvalue weighted by atomic mass is 32.2. The fourth-order valence-electron chi connectivity index (χ4n) is 3.44. The molecule has 1 aliphatic rings. The molecule has 1 aromatic heterocycles. The van der Waals surface area contributed by atoms with E-state index >= 15 is 0 Å². The van der Waals surface area contributed by atoms with E-state index in [2.05, 4.69) is 15.3 Å². The summed E-state index contributed by atoms with van der Waals surface area (Å²) in [5.41, 5.74) is 1.65. The Morgan fingerprint density at radius 2 is 2.00 bits per heavy atom. The van der Waals surface area contributed by atoms with Crippen molar-refractivity contribution in [2.75, 3.05) is 27.7 Å². The van der Waals surface area contributed by atoms with Crippen molar-refractivity contribution >= 4 is 16.1 Å². The van der Waals surface area contributed by atoms with E-state index in [9.17, 15) is 13.2 Å². The summed E-state index contributed by atoms with van der Waals surface area (Å²) in [6.07, 6.45) is 2.77. The minimum Gasteiger partial charge on any atom is -0.497 e. The number of carbonyl (C=O) groups is 1. The predicted octanol–water partition coefficient (Wildman–Crippen LogP) is 1.67. The minimum absolute atomic E-state index is 0.292. The standard InChI is InChI=1S/C20H27N5O4S/c1-14-21-13-17(20(26)22-12-15-7-9-16(29-4)10-8-15)19(23-14)18-6-5-11-25(18)30(27,28)24(2)3/h7-10,13,18H,5-6,11-12H2,1-4H3,(H,22,26)/t18-/m0/s1. The van der Waals surface area contributed by atoms with Crippen molar-refractivity contribution in [1.82, 2.24) is 23.9 Å². The minimum atomic E-state index is -3.63. The first-order chi connectivity index (χ1) is 14.2. The molecule has 1 atom stereocenters. The monoisotopic (exact) mass is 433 g/mol. The zero-order valence-corrected chi connectivity index (χ0v) is 18.4. The van der Waals surface area contributed by atoms with Gasteiger partial charge in [0.25, 0.3) is 16.1 Å². The molecule has 162 valence electrons. The third-order valence-corrected chi connectivity index (χ3v) is 7.03. The molecule has 1 N–H and O–H groups in total. The van der Waals surface area contributed by atoms with Gasteiger partial charge in [0, 0.05) is 33.4 Å². The van der Waals surface area contributed by atoms with Crippen LogP contribution >= 0.6 is 0 Å². The van der Waals surface area contributed by atoms with Gasteiger partial charge in [-0.2, -0.15) is 17.0 Å². The first-order valence-corrected chi connectivity index (χ1v) is 11.1. The predicted molar refractivity (Wildman–Crippen MR) is 112 cm³/mol. The number of carbonyl (C=O) groups excluding carboxylic acids is 1. The molecule has 2 heterocycles. The van der Waals surface area contributed by atoms with E-state index in [1.165, 1.54) is 28.9 Å². The zero-order chi connectivity index (χ0) is 21.9. The van der Waals surface area contributed by atoms with Gasteiger partial charge >= 0.3 is 0 Å². The summed E-state index contributed by atoms with van der Waals surface area (Å²) in [5, 5.41) is 2.87. The van der Waals surface area contributed by atoms with Crippen LogP contribution in [-0.2, 0) is 16.8 Å². The molecule has 30 heavy (non-hydrogen) atoms. The van der Waals surface area contributed by atoms with Crippen molar-refractivity contribution in [3.8, 4) is 5.75 Å². The van der Waals surface area contributed by atoms with Crippen molar-refractivity contribution in [3.63, 3.8) is 0 Å². The smallest absolute Gasteiger partial charge is 0.282 e. The SMILES string of the molecule is COc1ccc(CNC(=O)c2cnc(C)nc2[C@@H]2CCCN2S(=O)(=O)N(C)C)cc1. The van der Waals surface area contributed by atoms with Crippen LogP contribution in [0.1, 0.15) is 46.3 Å². The van der Waals surface area contributed by atoms with Crippen molar-refractivity contribution < 1.29 is 17.9 Å². The second-order valence-electron chi connectivity index (χ2n) is 7.31. The number of nitrogens with one attached hydrogen (secondary N) is 1. The highest BCUT2D eigenvalue weighted by Gasteiger charge is 2.39. The molecule has 10 heteroatoms. The van der Waals surface area contributed by atoms with E-state index in [0.717, 1.165) is 11.3 Å². The van der Waals surface area contributed by atoms with E-state index < -0.39 is 16.3 Å². The molecule has 0 spiro atoms. The number of aromatic nitrogens is 2. The first kappa shape index (κ1) is 22.1. The van der Waals surface area contributed by atoms with Gasteiger partial charge in [0.15, 0.2) is 0 Å². The normalized spacial score (nSPS) is 17.3. The fraction of sp³-hybridized carbons (Fsp3) is 0.450. The summed E-state index contributed by atoms with van der Waals surface area (Å²) in [5.74, 6) is 0.892. The van der Waals surface area contributed by atoms with Crippen LogP contribution in [0.15, 0.2) is 30.5 Å². The molecular formula is C20H27N5O4S. The van der Waals surface area contributed by atoms with Gasteiger partial charge in [-0.1, -0.05) is 12.1 Å². The van der Waals surface area contributed by atoms with Crippen LogP contribution in [0, 0.1) is 6.92 Å². The summed E-state index contributed by atoms with van der Waals surface area (Å²) in [7, 11) is 0.964. The van der Waals surface area contributed by atoms with E-state index in [0.29, 0.717) is 43.0 Å². The number of nitrogens with zero attached hydrogens (tertiary/aromatic N) is 4. The largest absolute Gasteiger partial charge is 0.497 e. The Bertz CT molecular complexity index is 1010. The number of amides is 1. The zero-order valence-electron chi connectivity index (χ0n) is 17.6. The lowest BCUT2D eigenvalue weighted by atomic mass is 10.1. The van der Waals surface area contributed by atoms with Crippen LogP contribution in [0.4, 0.5) is 0 Å². The van der Waals surface area contributed by atoms with Crippen LogP contribution in [0.25, 0.3) is 0 Å². The van der Waals surface area contributed by atoms with Gasteiger partial charge in [0.1, 0.15) is 11.6 Å². The van der Waals surface area contributed by atoms with Gasteiger partial charge in [-0.05, 0) is 37.5 Å². The number of hydrogen-bond donors (Lipinski definition) is 1. The molecule has 1 aromatic carbocycles. The molecule has 0 bridgehead atoms. The molecule has 0 aliphatic carbocycles. The Morgan fingerprint density at radius 1 is 1.30 bits per heavy atom. The van der Waals surface area contributed by atoms with E-state index in [4.69, 9.17) is 4.74 Å². The Hall–Kier alpha value is -2.56. The third-order valence-electron chi connectivity index (χ3n) is 5.07. The first-order valence-electron chi connectivity index (χ1n) is 9.68. The summed E-state index contributed by atoms with van der Waals surface area (Å²) < 4.78 is 33.2. The fourth-order valence-corrected chi connectivity index (χ4v) is 4.74. The number of methoxy groups -OCH3 is 1. The van der Waals surface area contributed by atoms with E-state index in [-0.39, 0.29) is 5.91 Å². The molecule has 0 unspecified atom stereocenters. The second kappa shape index (κ2) is 9.07. The maximum Gasteiger partial charge on any atom is 0.282 e. The molecule has 1 aliphatic heterocycles. The lowest BCUT2D eigenvalue weighted by molar-refractivity contribution is 0.0947. The second-order valence-corrected chi connectivity index (χ2v) is 9.40. The van der Waals surface area contributed by atoms with Crippen molar-refractivity contribution in [2.24, 2.45) is 0 Å². The highest BCUT2D eigenvalue weighted by molar-refractivity contribution is 7.86. The van der Waals surface area contributed by atoms with Gasteiger partial charge in [-0.25, -0.2) is 9.97 Å². The number of hydrogen-bond acceptors (Lipinski definition) is 6. The van der Waals surface area contributed by atoms with Gasteiger partial charge in [-0.15, -0.1) is 0 Å². The Balaban J connectivity index is 1.84. The van der Waals surface area contributed by atoms with Gasteiger partial charge in [0.2, 0.25) is 0 Å². The van der Waals surface area contributed by atoms with E-state index in [1.54, 1.807) is 14.0 Å². The van der Waals surface area contributed by atoms with Gasteiger partial charge in [-0.3, -0.25) is 4.79 Å². The average molecular weight is 434 g/mol. The van der Waals surface area contributed by atoms with Crippen molar-refractivity contribution in [3.05, 3.63) is 53.1 Å². The third kappa shape index (κ3) is 4.61. The van der Waals surface area contributed by atoms with Gasteiger partial charge in [0.05, 0.1) is 24.4 Å².